The first kappa shape index (κ1) is 22.4. The Kier molecular flexibility index (Phi) is 7.87. The Morgan fingerprint density at radius 1 is 1.28 bits per heavy atom. The van der Waals surface area contributed by atoms with Gasteiger partial charge in [-0.25, -0.2) is 9.97 Å². The van der Waals surface area contributed by atoms with Crippen molar-refractivity contribution < 1.29 is 9.47 Å². The summed E-state index contributed by atoms with van der Waals surface area (Å²) < 4.78 is 11.8. The second kappa shape index (κ2) is 11.2. The summed E-state index contributed by atoms with van der Waals surface area (Å²) >= 11 is 0. The van der Waals surface area contributed by atoms with E-state index < -0.39 is 0 Å². The largest absolute Gasteiger partial charge is 0.488 e. The number of nitrogens with zero attached hydrogens (tertiary/aromatic N) is 4. The summed E-state index contributed by atoms with van der Waals surface area (Å²) in [4.78, 5) is 15.4. The molecule has 32 heavy (non-hydrogen) atoms. The fourth-order valence-electron chi connectivity index (χ4n) is 4.12. The molecule has 3 N–H and O–H groups in total. The molecule has 0 spiro atoms. The highest BCUT2D eigenvalue weighted by Crippen LogP contribution is 2.29. The number of benzene rings is 1. The van der Waals surface area contributed by atoms with Crippen LogP contribution in [0.2, 0.25) is 0 Å². The third kappa shape index (κ3) is 5.93. The Morgan fingerprint density at radius 2 is 2.09 bits per heavy atom. The summed E-state index contributed by atoms with van der Waals surface area (Å²) in [6.07, 6.45) is 8.01. The highest BCUT2D eigenvalue weighted by atomic mass is 16.5. The van der Waals surface area contributed by atoms with Gasteiger partial charge < -0.3 is 25.4 Å². The molecule has 172 valence electrons. The van der Waals surface area contributed by atoms with Crippen molar-refractivity contribution >= 4 is 23.6 Å². The van der Waals surface area contributed by atoms with E-state index in [1.807, 2.05) is 31.4 Å². The lowest BCUT2D eigenvalue weighted by Crippen LogP contribution is -2.42. The van der Waals surface area contributed by atoms with Crippen molar-refractivity contribution in [2.45, 2.75) is 37.8 Å². The number of ether oxygens (including phenoxy) is 2. The van der Waals surface area contributed by atoms with Gasteiger partial charge in [0.2, 0.25) is 5.95 Å². The molecule has 0 bridgehead atoms. The maximum atomic E-state index is 6.37. The third-order valence-electron chi connectivity index (χ3n) is 6.01. The quantitative estimate of drug-likeness (QED) is 0.513. The Morgan fingerprint density at radius 3 is 2.84 bits per heavy atom. The van der Waals surface area contributed by atoms with Crippen LogP contribution in [0.3, 0.4) is 0 Å². The van der Waals surface area contributed by atoms with Crippen LogP contribution in [-0.2, 0) is 4.74 Å². The van der Waals surface area contributed by atoms with Crippen molar-refractivity contribution in [1.29, 1.82) is 0 Å². The lowest BCUT2D eigenvalue weighted by Gasteiger charge is -2.29. The molecule has 2 aliphatic rings. The summed E-state index contributed by atoms with van der Waals surface area (Å²) in [5.74, 6) is 1.97. The zero-order chi connectivity index (χ0) is 22.2. The standard InChI is InChI=1S/C23H33N7O2/c1-24-15-21(27-16-30-10-12-31-13-11-30)28-23-26-14-17-4-3-5-20(22(17)29-23)32-19-8-6-18(25-2)7-9-19/h3-5,14-15,18-19,25,27H,1,6-13,16H2,2H3,(H,26,28,29)/b21-15+. The first-order valence-corrected chi connectivity index (χ1v) is 11.3. The zero-order valence-corrected chi connectivity index (χ0v) is 18.7. The van der Waals surface area contributed by atoms with Gasteiger partial charge in [0.15, 0.2) is 0 Å². The second-order valence-electron chi connectivity index (χ2n) is 8.18. The maximum Gasteiger partial charge on any atom is 0.229 e. The van der Waals surface area contributed by atoms with Gasteiger partial charge in [-0.3, -0.25) is 9.89 Å². The predicted molar refractivity (Wildman–Crippen MR) is 127 cm³/mol. The molecule has 1 aliphatic heterocycles. The minimum atomic E-state index is 0.215. The number of morpholine rings is 1. The van der Waals surface area contributed by atoms with Crippen molar-refractivity contribution in [3.63, 3.8) is 0 Å². The fraction of sp³-hybridized carbons (Fsp3) is 0.522. The van der Waals surface area contributed by atoms with E-state index in [-0.39, 0.29) is 6.10 Å². The lowest BCUT2D eigenvalue weighted by molar-refractivity contribution is 0.0355. The summed E-state index contributed by atoms with van der Waals surface area (Å²) in [5.41, 5.74) is 0.805. The number of para-hydroxylation sites is 1. The van der Waals surface area contributed by atoms with Crippen molar-refractivity contribution in [2.75, 3.05) is 45.3 Å². The molecule has 1 aromatic heterocycles. The van der Waals surface area contributed by atoms with Gasteiger partial charge in [-0.1, -0.05) is 12.1 Å². The first-order chi connectivity index (χ1) is 15.7. The summed E-state index contributed by atoms with van der Waals surface area (Å²) in [7, 11) is 2.03. The van der Waals surface area contributed by atoms with Crippen LogP contribution in [0, 0.1) is 0 Å². The monoisotopic (exact) mass is 439 g/mol. The molecule has 2 heterocycles. The van der Waals surface area contributed by atoms with Crippen molar-refractivity contribution in [3.05, 3.63) is 36.4 Å². The molecule has 2 fully saturated rings. The smallest absolute Gasteiger partial charge is 0.229 e. The molecule has 0 radical (unpaired) electrons. The van der Waals surface area contributed by atoms with Crippen LogP contribution in [0.25, 0.3) is 10.9 Å². The number of nitrogens with one attached hydrogen (secondary N) is 3. The molecular weight excluding hydrogens is 406 g/mol. The van der Waals surface area contributed by atoms with E-state index in [2.05, 4.69) is 37.5 Å². The zero-order valence-electron chi connectivity index (χ0n) is 18.7. The molecule has 1 saturated carbocycles. The average molecular weight is 440 g/mol. The van der Waals surface area contributed by atoms with E-state index in [9.17, 15) is 0 Å². The Bertz CT molecular complexity index is 922. The van der Waals surface area contributed by atoms with Gasteiger partial charge in [0.05, 0.1) is 32.2 Å². The van der Waals surface area contributed by atoms with Crippen LogP contribution in [0.1, 0.15) is 25.7 Å². The highest BCUT2D eigenvalue weighted by Gasteiger charge is 2.22. The Hall–Kier alpha value is -2.75. The maximum absolute atomic E-state index is 6.37. The molecule has 4 rings (SSSR count). The van der Waals surface area contributed by atoms with Gasteiger partial charge in [-0.2, -0.15) is 0 Å². The van der Waals surface area contributed by atoms with E-state index in [0.29, 0.717) is 24.5 Å². The number of hydrogen-bond acceptors (Lipinski definition) is 9. The molecule has 1 aromatic carbocycles. The normalized spacial score (nSPS) is 22.5. The molecule has 0 unspecified atom stereocenters. The van der Waals surface area contributed by atoms with Crippen LogP contribution < -0.4 is 20.7 Å². The summed E-state index contributed by atoms with van der Waals surface area (Å²) in [6.45, 7) is 7.54. The minimum absolute atomic E-state index is 0.215. The fourth-order valence-corrected chi connectivity index (χ4v) is 4.12. The minimum Gasteiger partial charge on any atom is -0.488 e. The van der Waals surface area contributed by atoms with Gasteiger partial charge in [-0.15, -0.1) is 0 Å². The van der Waals surface area contributed by atoms with Gasteiger partial charge >= 0.3 is 0 Å². The number of fused-ring (bicyclic) bond motifs is 1. The van der Waals surface area contributed by atoms with Gasteiger partial charge in [-0.05, 0) is 45.5 Å². The number of anilines is 1. The molecule has 2 aromatic rings. The number of aromatic nitrogens is 2. The number of rotatable bonds is 9. The molecule has 9 heteroatoms. The van der Waals surface area contributed by atoms with Crippen LogP contribution in [0.4, 0.5) is 5.95 Å². The Balaban J connectivity index is 1.44. The van der Waals surface area contributed by atoms with Gasteiger partial charge in [0.25, 0.3) is 0 Å². The van der Waals surface area contributed by atoms with E-state index in [1.165, 1.54) is 0 Å². The summed E-state index contributed by atoms with van der Waals surface area (Å²) in [6, 6.07) is 6.57. The SMILES string of the molecule is C=N/C=C(\NCN1CCOCC1)Nc1ncc2cccc(OC3CCC(NC)CC3)c2n1. The van der Waals surface area contributed by atoms with Crippen molar-refractivity contribution in [1.82, 2.24) is 25.5 Å². The molecular formula is C23H33N7O2. The molecule has 0 atom stereocenters. The van der Waals surface area contributed by atoms with Crippen molar-refractivity contribution in [2.24, 2.45) is 4.99 Å². The molecule has 1 saturated heterocycles. The topological polar surface area (TPSA) is 95.9 Å². The van der Waals surface area contributed by atoms with E-state index >= 15 is 0 Å². The van der Waals surface area contributed by atoms with Crippen LogP contribution in [-0.4, -0.2) is 73.8 Å². The van der Waals surface area contributed by atoms with Gasteiger partial charge in [0, 0.05) is 30.7 Å². The predicted octanol–water partition coefficient (Wildman–Crippen LogP) is 2.33. The second-order valence-corrected chi connectivity index (χ2v) is 8.18. The molecule has 1 aliphatic carbocycles. The third-order valence-corrected chi connectivity index (χ3v) is 6.01. The van der Waals surface area contributed by atoms with Gasteiger partial charge in [0.1, 0.15) is 17.1 Å². The van der Waals surface area contributed by atoms with Crippen LogP contribution in [0.5, 0.6) is 5.75 Å². The number of aliphatic imine (C=N–C) groups is 1. The first-order valence-electron chi connectivity index (χ1n) is 11.3. The highest BCUT2D eigenvalue weighted by molar-refractivity contribution is 5.84. The summed E-state index contributed by atoms with van der Waals surface area (Å²) in [5, 5.41) is 10.9. The molecule has 0 amide bonds. The number of hydrogen-bond donors (Lipinski definition) is 3. The average Bonchev–Trinajstić information content (AvgIpc) is 2.84. The van der Waals surface area contributed by atoms with Crippen LogP contribution in [0.15, 0.2) is 41.4 Å². The Labute approximate surface area is 189 Å². The van der Waals surface area contributed by atoms with E-state index in [4.69, 9.17) is 14.5 Å². The lowest BCUT2D eigenvalue weighted by atomic mass is 9.93. The van der Waals surface area contributed by atoms with Crippen LogP contribution >= 0.6 is 0 Å². The van der Waals surface area contributed by atoms with E-state index in [0.717, 1.165) is 68.6 Å². The van der Waals surface area contributed by atoms with Crippen molar-refractivity contribution in [3.8, 4) is 5.75 Å². The van der Waals surface area contributed by atoms with E-state index in [1.54, 1.807) is 6.20 Å². The molecule has 9 nitrogen and oxygen atoms in total.